The molecule has 2 rings (SSSR count). The molecule has 0 unspecified atom stereocenters. The summed E-state index contributed by atoms with van der Waals surface area (Å²) in [7, 11) is 0. The van der Waals surface area contributed by atoms with Crippen molar-refractivity contribution in [2.75, 3.05) is 13.2 Å². The van der Waals surface area contributed by atoms with E-state index in [0.29, 0.717) is 18.5 Å². The lowest BCUT2D eigenvalue weighted by molar-refractivity contribution is 0.117. The van der Waals surface area contributed by atoms with Gasteiger partial charge in [0.05, 0.1) is 24.6 Å². The second-order valence-corrected chi connectivity index (χ2v) is 3.93. The van der Waals surface area contributed by atoms with Gasteiger partial charge >= 0.3 is 0 Å². The van der Waals surface area contributed by atoms with Crippen LogP contribution in [0.15, 0.2) is 0 Å². The number of aliphatic hydroxyl groups excluding tert-OH is 1. The number of rotatable bonds is 2. The van der Waals surface area contributed by atoms with Gasteiger partial charge in [-0.2, -0.15) is 0 Å². The van der Waals surface area contributed by atoms with Crippen LogP contribution >= 0.6 is 15.9 Å². The number of aromatic nitrogens is 3. The summed E-state index contributed by atoms with van der Waals surface area (Å²) < 4.78 is 6.92. The predicted octanol–water partition coefficient (Wildman–Crippen LogP) is 0.414. The molecule has 0 amide bonds. The van der Waals surface area contributed by atoms with Crippen LogP contribution in [0.4, 0.5) is 0 Å². The van der Waals surface area contributed by atoms with Gasteiger partial charge in [0.25, 0.3) is 0 Å². The molecule has 78 valence electrons. The van der Waals surface area contributed by atoms with E-state index in [4.69, 9.17) is 4.74 Å². The lowest BCUT2D eigenvalue weighted by atomic mass is 10.2. The molecule has 1 aromatic heterocycles. The molecule has 14 heavy (non-hydrogen) atoms. The van der Waals surface area contributed by atoms with Crippen molar-refractivity contribution in [3.05, 3.63) is 11.4 Å². The molecule has 1 aromatic rings. The Morgan fingerprint density at radius 1 is 1.64 bits per heavy atom. The van der Waals surface area contributed by atoms with Crippen molar-refractivity contribution in [3.8, 4) is 0 Å². The quantitative estimate of drug-likeness (QED) is 0.784. The zero-order valence-electron chi connectivity index (χ0n) is 7.85. The summed E-state index contributed by atoms with van der Waals surface area (Å²) in [5.41, 5.74) is 1.89. The number of halogens is 1. The molecule has 0 bridgehead atoms. The van der Waals surface area contributed by atoms with Crippen LogP contribution in [0.2, 0.25) is 0 Å². The third kappa shape index (κ3) is 1.57. The van der Waals surface area contributed by atoms with Crippen LogP contribution < -0.4 is 0 Å². The van der Waals surface area contributed by atoms with E-state index in [0.717, 1.165) is 11.4 Å². The van der Waals surface area contributed by atoms with Crippen molar-refractivity contribution in [1.82, 2.24) is 15.0 Å². The zero-order valence-corrected chi connectivity index (χ0v) is 9.44. The first-order valence-electron chi connectivity index (χ1n) is 4.46. The van der Waals surface area contributed by atoms with Crippen molar-refractivity contribution < 1.29 is 9.84 Å². The van der Waals surface area contributed by atoms with Gasteiger partial charge < -0.3 is 9.84 Å². The second-order valence-electron chi connectivity index (χ2n) is 3.37. The fraction of sp³-hybridized carbons (Fsp3) is 0.750. The first kappa shape index (κ1) is 10.1. The molecule has 0 saturated carbocycles. The molecule has 0 radical (unpaired) electrons. The van der Waals surface area contributed by atoms with Gasteiger partial charge in [0.15, 0.2) is 0 Å². The highest BCUT2D eigenvalue weighted by atomic mass is 79.9. The van der Waals surface area contributed by atoms with E-state index in [1.807, 2.05) is 6.92 Å². The molecule has 1 fully saturated rings. The van der Waals surface area contributed by atoms with Gasteiger partial charge in [0.1, 0.15) is 12.1 Å². The summed E-state index contributed by atoms with van der Waals surface area (Å²) >= 11 is 3.34. The summed E-state index contributed by atoms with van der Waals surface area (Å²) in [6, 6.07) is -0.0877. The fourth-order valence-corrected chi connectivity index (χ4v) is 2.10. The molecule has 0 aromatic carbocycles. The van der Waals surface area contributed by atoms with Crippen LogP contribution in [0, 0.1) is 6.92 Å². The molecule has 6 heteroatoms. The summed E-state index contributed by atoms with van der Waals surface area (Å²) in [5, 5.41) is 18.3. The Labute approximate surface area is 90.2 Å². The van der Waals surface area contributed by atoms with Crippen LogP contribution in [-0.2, 0) is 10.1 Å². The maximum absolute atomic E-state index is 9.62. The number of ether oxygens (including phenoxy) is 1. The highest BCUT2D eigenvalue weighted by Crippen LogP contribution is 2.21. The Hall–Kier alpha value is -0.460. The lowest BCUT2D eigenvalue weighted by Crippen LogP contribution is -2.24. The average Bonchev–Trinajstić information content (AvgIpc) is 2.72. The monoisotopic (exact) mass is 261 g/mol. The topological polar surface area (TPSA) is 60.2 Å². The van der Waals surface area contributed by atoms with Gasteiger partial charge in [-0.1, -0.05) is 21.1 Å². The van der Waals surface area contributed by atoms with Crippen LogP contribution in [0.5, 0.6) is 0 Å². The molecule has 0 aliphatic carbocycles. The molecule has 2 atom stereocenters. The molecular weight excluding hydrogens is 250 g/mol. The fourth-order valence-electron chi connectivity index (χ4n) is 1.58. The van der Waals surface area contributed by atoms with Gasteiger partial charge in [0.2, 0.25) is 0 Å². The first-order chi connectivity index (χ1) is 6.74. The number of alkyl halides is 1. The Kier molecular flexibility index (Phi) is 2.85. The van der Waals surface area contributed by atoms with Crippen molar-refractivity contribution >= 4 is 15.9 Å². The van der Waals surface area contributed by atoms with E-state index in [-0.39, 0.29) is 6.04 Å². The molecule has 0 spiro atoms. The number of nitrogens with zero attached hydrogens (tertiary/aromatic N) is 3. The molecule has 1 aliphatic rings. The molecule has 1 aliphatic heterocycles. The average molecular weight is 262 g/mol. The maximum atomic E-state index is 9.62. The van der Waals surface area contributed by atoms with Gasteiger partial charge in [0, 0.05) is 5.33 Å². The minimum atomic E-state index is -0.474. The molecule has 1 saturated heterocycles. The molecule has 5 nitrogen and oxygen atoms in total. The van der Waals surface area contributed by atoms with E-state index >= 15 is 0 Å². The minimum absolute atomic E-state index is 0.0877. The van der Waals surface area contributed by atoms with Crippen molar-refractivity contribution in [2.45, 2.75) is 24.4 Å². The van der Waals surface area contributed by atoms with Crippen LogP contribution in [0.25, 0.3) is 0 Å². The van der Waals surface area contributed by atoms with Crippen molar-refractivity contribution in [2.24, 2.45) is 0 Å². The maximum Gasteiger partial charge on any atom is 0.105 e. The third-order valence-electron chi connectivity index (χ3n) is 2.49. The van der Waals surface area contributed by atoms with E-state index in [9.17, 15) is 5.11 Å². The first-order valence-corrected chi connectivity index (χ1v) is 5.58. The second kappa shape index (κ2) is 3.96. The van der Waals surface area contributed by atoms with Crippen molar-refractivity contribution in [1.29, 1.82) is 0 Å². The lowest BCUT2D eigenvalue weighted by Gasteiger charge is -2.13. The standard InChI is InChI=1S/C8H12BrN3O2/c1-5-6(2-9)10-11-12(5)7-3-14-4-8(7)13/h7-8,13H,2-4H2,1H3/t7-,8-/m1/s1. The Balaban J connectivity index is 2.27. The normalized spacial score (nSPS) is 27.1. The largest absolute Gasteiger partial charge is 0.388 e. The van der Waals surface area contributed by atoms with Gasteiger partial charge in [-0.05, 0) is 6.92 Å². The number of hydrogen-bond acceptors (Lipinski definition) is 4. The van der Waals surface area contributed by atoms with E-state index < -0.39 is 6.10 Å². The van der Waals surface area contributed by atoms with E-state index in [1.165, 1.54) is 0 Å². The van der Waals surface area contributed by atoms with Crippen LogP contribution in [-0.4, -0.2) is 39.4 Å². The highest BCUT2D eigenvalue weighted by Gasteiger charge is 2.30. The SMILES string of the molecule is Cc1c(CBr)nnn1[C@@H]1COC[C@H]1O. The Bertz CT molecular complexity index is 328. The van der Waals surface area contributed by atoms with E-state index in [2.05, 4.69) is 26.2 Å². The van der Waals surface area contributed by atoms with E-state index in [1.54, 1.807) is 4.68 Å². The summed E-state index contributed by atoms with van der Waals surface area (Å²) in [4.78, 5) is 0. The molecule has 1 N–H and O–H groups in total. The molecule has 2 heterocycles. The third-order valence-corrected chi connectivity index (χ3v) is 3.02. The summed E-state index contributed by atoms with van der Waals surface area (Å²) in [6.45, 7) is 2.84. The highest BCUT2D eigenvalue weighted by molar-refractivity contribution is 9.08. The minimum Gasteiger partial charge on any atom is -0.388 e. The van der Waals surface area contributed by atoms with Crippen molar-refractivity contribution in [3.63, 3.8) is 0 Å². The Morgan fingerprint density at radius 2 is 2.43 bits per heavy atom. The van der Waals surface area contributed by atoms with Crippen LogP contribution in [0.1, 0.15) is 17.4 Å². The smallest absolute Gasteiger partial charge is 0.105 e. The Morgan fingerprint density at radius 3 is 2.93 bits per heavy atom. The number of hydrogen-bond donors (Lipinski definition) is 1. The van der Waals surface area contributed by atoms with Gasteiger partial charge in [-0.3, -0.25) is 0 Å². The van der Waals surface area contributed by atoms with Gasteiger partial charge in [-0.15, -0.1) is 5.10 Å². The summed E-state index contributed by atoms with van der Waals surface area (Å²) in [5.74, 6) is 0. The predicted molar refractivity (Wildman–Crippen MR) is 53.3 cm³/mol. The summed E-state index contributed by atoms with van der Waals surface area (Å²) in [6.07, 6.45) is -0.474. The molecular formula is C8H12BrN3O2. The van der Waals surface area contributed by atoms with Gasteiger partial charge in [-0.25, -0.2) is 4.68 Å². The number of aliphatic hydroxyl groups is 1. The van der Waals surface area contributed by atoms with Crippen LogP contribution in [0.3, 0.4) is 0 Å². The zero-order chi connectivity index (χ0) is 10.1.